The van der Waals surface area contributed by atoms with E-state index in [9.17, 15) is 13.2 Å². The van der Waals surface area contributed by atoms with E-state index in [0.717, 1.165) is 18.0 Å². The van der Waals surface area contributed by atoms with Crippen molar-refractivity contribution in [2.24, 2.45) is 0 Å². The molecule has 19 heavy (non-hydrogen) atoms. The normalized spacial score (nSPS) is 11.8. The smallest absolute Gasteiger partial charge is 0.383 e. The Hall–Kier alpha value is -1.70. The van der Waals surface area contributed by atoms with Crippen molar-refractivity contribution >= 4 is 17.6 Å². The van der Waals surface area contributed by atoms with Crippen molar-refractivity contribution in [1.82, 2.24) is 14.8 Å². The summed E-state index contributed by atoms with van der Waals surface area (Å²) in [7, 11) is 0. The summed E-state index contributed by atoms with van der Waals surface area (Å²) in [6, 6.07) is 3.86. The first kappa shape index (κ1) is 13.7. The van der Waals surface area contributed by atoms with Crippen LogP contribution >= 0.6 is 11.8 Å². The standard InChI is InChI=1S/C11H11F3N4S/c1-2-19-10-5-8(15)18(17-10)9-4-3-7(6-16-9)11(12,13)14/h3-6H,2,15H2,1H3. The van der Waals surface area contributed by atoms with Crippen LogP contribution in [0.15, 0.2) is 29.4 Å². The quantitative estimate of drug-likeness (QED) is 0.882. The van der Waals surface area contributed by atoms with Crippen LogP contribution in [-0.2, 0) is 6.18 Å². The van der Waals surface area contributed by atoms with E-state index in [2.05, 4.69) is 10.1 Å². The second-order valence-corrected chi connectivity index (χ2v) is 4.94. The average molecular weight is 288 g/mol. The van der Waals surface area contributed by atoms with E-state index in [1.165, 1.54) is 22.5 Å². The Morgan fingerprint density at radius 2 is 2.11 bits per heavy atom. The average Bonchev–Trinajstić information content (AvgIpc) is 2.70. The Bertz CT molecular complexity index is 562. The van der Waals surface area contributed by atoms with E-state index in [1.54, 1.807) is 6.07 Å². The van der Waals surface area contributed by atoms with Crippen LogP contribution in [0.2, 0.25) is 0 Å². The van der Waals surface area contributed by atoms with Crippen LogP contribution in [0.5, 0.6) is 0 Å². The van der Waals surface area contributed by atoms with E-state index in [-0.39, 0.29) is 5.82 Å². The van der Waals surface area contributed by atoms with E-state index in [4.69, 9.17) is 5.73 Å². The molecule has 0 amide bonds. The summed E-state index contributed by atoms with van der Waals surface area (Å²) in [5, 5.41) is 4.88. The molecule has 0 fully saturated rings. The van der Waals surface area contributed by atoms with Crippen LogP contribution in [0.3, 0.4) is 0 Å². The molecule has 102 valence electrons. The third-order valence-electron chi connectivity index (χ3n) is 2.30. The highest BCUT2D eigenvalue weighted by Crippen LogP contribution is 2.29. The van der Waals surface area contributed by atoms with Gasteiger partial charge in [-0.05, 0) is 17.9 Å². The number of halogens is 3. The minimum atomic E-state index is -4.40. The van der Waals surface area contributed by atoms with Gasteiger partial charge in [-0.25, -0.2) is 4.98 Å². The first-order valence-electron chi connectivity index (χ1n) is 5.43. The summed E-state index contributed by atoms with van der Waals surface area (Å²) in [5.41, 5.74) is 4.95. The van der Waals surface area contributed by atoms with Gasteiger partial charge in [0.05, 0.1) is 5.56 Å². The maximum atomic E-state index is 12.4. The minimum Gasteiger partial charge on any atom is -0.383 e. The van der Waals surface area contributed by atoms with E-state index < -0.39 is 11.7 Å². The van der Waals surface area contributed by atoms with Crippen LogP contribution in [0.4, 0.5) is 19.0 Å². The number of rotatable bonds is 3. The van der Waals surface area contributed by atoms with Gasteiger partial charge in [0.1, 0.15) is 10.8 Å². The predicted octanol–water partition coefficient (Wildman–Crippen LogP) is 2.98. The third-order valence-corrected chi connectivity index (χ3v) is 3.08. The fourth-order valence-electron chi connectivity index (χ4n) is 1.45. The molecule has 0 aliphatic rings. The Balaban J connectivity index is 2.32. The first-order valence-corrected chi connectivity index (χ1v) is 6.42. The number of nitrogen functional groups attached to an aromatic ring is 1. The molecule has 2 heterocycles. The zero-order valence-corrected chi connectivity index (χ0v) is 10.8. The lowest BCUT2D eigenvalue weighted by Crippen LogP contribution is -2.08. The van der Waals surface area contributed by atoms with Crippen molar-refractivity contribution in [3.8, 4) is 5.82 Å². The third kappa shape index (κ3) is 3.01. The molecule has 0 radical (unpaired) electrons. The first-order chi connectivity index (χ1) is 8.91. The predicted molar refractivity (Wildman–Crippen MR) is 67.2 cm³/mol. The van der Waals surface area contributed by atoms with Crippen LogP contribution in [0.25, 0.3) is 5.82 Å². The molecular weight excluding hydrogens is 277 g/mol. The molecule has 0 aliphatic carbocycles. The molecule has 0 unspecified atom stereocenters. The largest absolute Gasteiger partial charge is 0.417 e. The Morgan fingerprint density at radius 1 is 1.37 bits per heavy atom. The summed E-state index contributed by atoms with van der Waals surface area (Å²) in [5.74, 6) is 1.42. The number of hydrogen-bond donors (Lipinski definition) is 1. The highest BCUT2D eigenvalue weighted by Gasteiger charge is 2.30. The van der Waals surface area contributed by atoms with Gasteiger partial charge in [-0.15, -0.1) is 11.8 Å². The summed E-state index contributed by atoms with van der Waals surface area (Å²) < 4.78 is 38.6. The molecule has 0 saturated heterocycles. The molecule has 0 aliphatic heterocycles. The molecule has 4 nitrogen and oxygen atoms in total. The number of aromatic nitrogens is 3. The van der Waals surface area contributed by atoms with Crippen LogP contribution in [0.1, 0.15) is 12.5 Å². The summed E-state index contributed by atoms with van der Waals surface area (Å²) >= 11 is 1.49. The van der Waals surface area contributed by atoms with Crippen molar-refractivity contribution in [1.29, 1.82) is 0 Å². The van der Waals surface area contributed by atoms with Crippen molar-refractivity contribution in [2.45, 2.75) is 18.1 Å². The molecule has 0 atom stereocenters. The van der Waals surface area contributed by atoms with Gasteiger partial charge in [0.2, 0.25) is 0 Å². The van der Waals surface area contributed by atoms with Gasteiger partial charge < -0.3 is 5.73 Å². The van der Waals surface area contributed by atoms with Crippen LogP contribution in [0, 0.1) is 0 Å². The summed E-state index contributed by atoms with van der Waals surface area (Å²) in [4.78, 5) is 3.74. The van der Waals surface area contributed by atoms with Crippen LogP contribution in [-0.4, -0.2) is 20.5 Å². The molecule has 0 aromatic carbocycles. The zero-order valence-electron chi connectivity index (χ0n) is 9.98. The molecule has 0 bridgehead atoms. The number of hydrogen-bond acceptors (Lipinski definition) is 4. The number of alkyl halides is 3. The molecular formula is C11H11F3N4S. The Kier molecular flexibility index (Phi) is 3.70. The zero-order chi connectivity index (χ0) is 14.0. The molecule has 0 spiro atoms. The van der Waals surface area contributed by atoms with Gasteiger partial charge in [-0.2, -0.15) is 23.0 Å². The minimum absolute atomic E-state index is 0.258. The highest BCUT2D eigenvalue weighted by atomic mass is 32.2. The van der Waals surface area contributed by atoms with E-state index in [1.807, 2.05) is 6.92 Å². The topological polar surface area (TPSA) is 56.7 Å². The number of nitrogens with two attached hydrogens (primary N) is 1. The van der Waals surface area contributed by atoms with Gasteiger partial charge in [0.15, 0.2) is 5.82 Å². The second kappa shape index (κ2) is 5.12. The van der Waals surface area contributed by atoms with E-state index in [0.29, 0.717) is 10.8 Å². The SMILES string of the molecule is CCSc1cc(N)n(-c2ccc(C(F)(F)F)cn2)n1. The van der Waals surface area contributed by atoms with Crippen molar-refractivity contribution in [3.63, 3.8) is 0 Å². The van der Waals surface area contributed by atoms with Crippen molar-refractivity contribution in [2.75, 3.05) is 11.5 Å². The summed E-state index contributed by atoms with van der Waals surface area (Å²) in [6.07, 6.45) is -3.63. The number of pyridine rings is 1. The lowest BCUT2D eigenvalue weighted by Gasteiger charge is -2.07. The maximum Gasteiger partial charge on any atom is 0.417 e. The summed E-state index contributed by atoms with van der Waals surface area (Å²) in [6.45, 7) is 1.97. The van der Waals surface area contributed by atoms with Gasteiger partial charge in [-0.3, -0.25) is 0 Å². The highest BCUT2D eigenvalue weighted by molar-refractivity contribution is 7.99. The number of nitrogens with zero attached hydrogens (tertiary/aromatic N) is 3. The second-order valence-electron chi connectivity index (χ2n) is 3.66. The maximum absolute atomic E-state index is 12.4. The molecule has 8 heteroatoms. The molecule has 2 aromatic rings. The van der Waals surface area contributed by atoms with Crippen molar-refractivity contribution < 1.29 is 13.2 Å². The number of thioether (sulfide) groups is 1. The van der Waals surface area contributed by atoms with Gasteiger partial charge in [-0.1, -0.05) is 6.92 Å². The Labute approximate surface area is 111 Å². The molecule has 2 rings (SSSR count). The fraction of sp³-hybridized carbons (Fsp3) is 0.273. The molecule has 2 N–H and O–H groups in total. The van der Waals surface area contributed by atoms with Gasteiger partial charge >= 0.3 is 6.18 Å². The Morgan fingerprint density at radius 3 is 2.63 bits per heavy atom. The molecule has 0 saturated carbocycles. The van der Waals surface area contributed by atoms with Crippen molar-refractivity contribution in [3.05, 3.63) is 30.0 Å². The number of anilines is 1. The van der Waals surface area contributed by atoms with Gasteiger partial charge in [0.25, 0.3) is 0 Å². The monoisotopic (exact) mass is 288 g/mol. The lowest BCUT2D eigenvalue weighted by molar-refractivity contribution is -0.137. The molecule has 2 aromatic heterocycles. The lowest BCUT2D eigenvalue weighted by atomic mass is 10.3. The fourth-order valence-corrected chi connectivity index (χ4v) is 2.09. The van der Waals surface area contributed by atoms with Gasteiger partial charge in [0, 0.05) is 12.3 Å². The van der Waals surface area contributed by atoms with Crippen LogP contribution < -0.4 is 5.73 Å². The van der Waals surface area contributed by atoms with E-state index >= 15 is 0 Å².